The maximum absolute atomic E-state index is 12.0. The van der Waals surface area contributed by atoms with Gasteiger partial charge >= 0.3 is 6.18 Å². The van der Waals surface area contributed by atoms with Gasteiger partial charge in [-0.05, 0) is 18.1 Å². The van der Waals surface area contributed by atoms with Crippen LogP contribution < -0.4 is 0 Å². The van der Waals surface area contributed by atoms with Gasteiger partial charge in [0.2, 0.25) is 0 Å². The first-order valence-corrected chi connectivity index (χ1v) is 5.53. The summed E-state index contributed by atoms with van der Waals surface area (Å²) in [7, 11) is 0. The third-order valence-corrected chi connectivity index (χ3v) is 2.87. The number of pyridine rings is 1. The number of halogens is 3. The number of alkyl halides is 3. The Hall–Kier alpha value is -0.710. The van der Waals surface area contributed by atoms with E-state index in [0.29, 0.717) is 4.90 Å². The van der Waals surface area contributed by atoms with Crippen LogP contribution >= 0.6 is 11.8 Å². The van der Waals surface area contributed by atoms with E-state index in [1.165, 1.54) is 0 Å². The van der Waals surface area contributed by atoms with Crippen LogP contribution in [0.15, 0.2) is 23.2 Å². The summed E-state index contributed by atoms with van der Waals surface area (Å²) in [6.45, 7) is 3.83. The molecule has 0 aromatic carbocycles. The van der Waals surface area contributed by atoms with Crippen molar-refractivity contribution in [2.45, 2.75) is 30.8 Å². The number of aromatic nitrogens is 1. The van der Waals surface area contributed by atoms with Crippen molar-refractivity contribution in [1.82, 2.24) is 4.98 Å². The largest absolute Gasteiger partial charge is 0.398 e. The third-order valence-electron chi connectivity index (χ3n) is 1.74. The Morgan fingerprint density at radius 3 is 2.60 bits per heavy atom. The molecule has 0 radical (unpaired) electrons. The molecule has 0 aliphatic rings. The van der Waals surface area contributed by atoms with Crippen molar-refractivity contribution in [2.24, 2.45) is 0 Å². The van der Waals surface area contributed by atoms with Gasteiger partial charge in [-0.1, -0.05) is 13.8 Å². The van der Waals surface area contributed by atoms with Gasteiger partial charge in [-0.2, -0.15) is 13.2 Å². The summed E-state index contributed by atoms with van der Waals surface area (Å²) in [5, 5.41) is 0. The number of nitrogens with zero attached hydrogens (tertiary/aromatic N) is 1. The molecule has 0 amide bonds. The summed E-state index contributed by atoms with van der Waals surface area (Å²) < 4.78 is 36.1. The van der Waals surface area contributed by atoms with Gasteiger partial charge in [0.1, 0.15) is 0 Å². The molecule has 0 fully saturated rings. The highest BCUT2D eigenvalue weighted by Crippen LogP contribution is 2.31. The van der Waals surface area contributed by atoms with Crippen LogP contribution in [0, 0.1) is 0 Å². The fraction of sp³-hybridized carbons (Fsp3) is 0.500. The van der Waals surface area contributed by atoms with Gasteiger partial charge in [-0.15, -0.1) is 11.8 Å². The molecule has 0 aliphatic carbocycles. The Morgan fingerprint density at radius 1 is 1.40 bits per heavy atom. The molecule has 0 spiro atoms. The van der Waals surface area contributed by atoms with Crippen molar-refractivity contribution in [3.8, 4) is 0 Å². The van der Waals surface area contributed by atoms with E-state index in [0.717, 1.165) is 17.5 Å². The van der Waals surface area contributed by atoms with E-state index in [4.69, 9.17) is 0 Å². The van der Waals surface area contributed by atoms with Crippen LogP contribution in [-0.4, -0.2) is 16.9 Å². The number of hydrogen-bond acceptors (Lipinski definition) is 2. The molecular weight excluding hydrogens is 223 g/mol. The summed E-state index contributed by atoms with van der Waals surface area (Å²) in [4.78, 5) is 4.71. The minimum atomic E-state index is -4.13. The van der Waals surface area contributed by atoms with E-state index in [1.807, 2.05) is 13.8 Å². The first-order chi connectivity index (χ1) is 6.90. The minimum absolute atomic E-state index is 0.141. The first-order valence-electron chi connectivity index (χ1n) is 4.54. The van der Waals surface area contributed by atoms with Crippen molar-refractivity contribution in [3.05, 3.63) is 24.0 Å². The van der Waals surface area contributed by atoms with E-state index in [1.54, 1.807) is 18.3 Å². The molecule has 84 valence electrons. The SMILES string of the molecule is CC(C)c1ncccc1SCC(F)(F)F. The molecule has 0 saturated carbocycles. The van der Waals surface area contributed by atoms with Gasteiger partial charge in [0.15, 0.2) is 0 Å². The predicted octanol–water partition coefficient (Wildman–Crippen LogP) is 3.86. The van der Waals surface area contributed by atoms with Crippen molar-refractivity contribution >= 4 is 11.8 Å². The number of thioether (sulfide) groups is 1. The predicted molar refractivity (Wildman–Crippen MR) is 55.1 cm³/mol. The molecule has 0 atom stereocenters. The zero-order valence-corrected chi connectivity index (χ0v) is 9.32. The van der Waals surface area contributed by atoms with Gasteiger partial charge in [-0.25, -0.2) is 0 Å². The maximum atomic E-state index is 12.0. The molecule has 0 aliphatic heterocycles. The molecule has 5 heteroatoms. The van der Waals surface area contributed by atoms with Crippen molar-refractivity contribution in [1.29, 1.82) is 0 Å². The Balaban J connectivity index is 2.76. The van der Waals surface area contributed by atoms with Crippen LogP contribution in [0.5, 0.6) is 0 Å². The van der Waals surface area contributed by atoms with Gasteiger partial charge in [-0.3, -0.25) is 4.98 Å². The highest BCUT2D eigenvalue weighted by molar-refractivity contribution is 7.99. The fourth-order valence-electron chi connectivity index (χ4n) is 1.12. The van der Waals surface area contributed by atoms with Crippen LogP contribution in [-0.2, 0) is 0 Å². The molecule has 1 nitrogen and oxygen atoms in total. The van der Waals surface area contributed by atoms with E-state index in [-0.39, 0.29) is 5.92 Å². The topological polar surface area (TPSA) is 12.9 Å². The Labute approximate surface area is 91.1 Å². The van der Waals surface area contributed by atoms with E-state index >= 15 is 0 Å². The van der Waals surface area contributed by atoms with E-state index in [9.17, 15) is 13.2 Å². The highest BCUT2D eigenvalue weighted by atomic mass is 32.2. The van der Waals surface area contributed by atoms with Crippen molar-refractivity contribution < 1.29 is 13.2 Å². The quantitative estimate of drug-likeness (QED) is 0.738. The highest BCUT2D eigenvalue weighted by Gasteiger charge is 2.27. The summed E-state index contributed by atoms with van der Waals surface area (Å²) in [5.74, 6) is -0.722. The molecule has 0 saturated heterocycles. The lowest BCUT2D eigenvalue weighted by molar-refractivity contribution is -0.105. The molecule has 1 rings (SSSR count). The van der Waals surface area contributed by atoms with Gasteiger partial charge in [0.05, 0.1) is 11.4 Å². The Kier molecular flexibility index (Phi) is 4.02. The Morgan fingerprint density at radius 2 is 2.07 bits per heavy atom. The number of hydrogen-bond donors (Lipinski definition) is 0. The molecule has 1 aromatic rings. The van der Waals surface area contributed by atoms with Crippen LogP contribution in [0.3, 0.4) is 0 Å². The lowest BCUT2D eigenvalue weighted by Gasteiger charge is -2.11. The maximum Gasteiger partial charge on any atom is 0.398 e. The van der Waals surface area contributed by atoms with Crippen molar-refractivity contribution in [3.63, 3.8) is 0 Å². The smallest absolute Gasteiger partial charge is 0.260 e. The second kappa shape index (κ2) is 4.88. The summed E-state index contributed by atoms with van der Waals surface area (Å²) in [5.41, 5.74) is 0.728. The normalized spacial score (nSPS) is 12.1. The van der Waals surface area contributed by atoms with Crippen LogP contribution in [0.4, 0.5) is 13.2 Å². The van der Waals surface area contributed by atoms with Gasteiger partial charge in [0, 0.05) is 11.1 Å². The molecule has 1 aromatic heterocycles. The molecule has 1 heterocycles. The third kappa shape index (κ3) is 4.11. The van der Waals surface area contributed by atoms with Crippen LogP contribution in [0.2, 0.25) is 0 Å². The standard InChI is InChI=1S/C10H12F3NS/c1-7(2)9-8(4-3-5-14-9)15-6-10(11,12)13/h3-5,7H,6H2,1-2H3. The average Bonchev–Trinajstić information content (AvgIpc) is 2.14. The summed E-state index contributed by atoms with van der Waals surface area (Å²) in [6, 6.07) is 3.34. The molecule has 15 heavy (non-hydrogen) atoms. The molecule has 0 N–H and O–H groups in total. The lowest BCUT2D eigenvalue weighted by Crippen LogP contribution is -2.11. The fourth-order valence-corrected chi connectivity index (χ4v) is 2.05. The second-order valence-electron chi connectivity index (χ2n) is 3.45. The van der Waals surface area contributed by atoms with Crippen LogP contribution in [0.1, 0.15) is 25.5 Å². The number of rotatable bonds is 3. The molecule has 0 unspecified atom stereocenters. The molecular formula is C10H12F3NS. The first kappa shape index (κ1) is 12.4. The lowest BCUT2D eigenvalue weighted by atomic mass is 10.1. The molecule has 0 bridgehead atoms. The monoisotopic (exact) mass is 235 g/mol. The van der Waals surface area contributed by atoms with Crippen molar-refractivity contribution in [2.75, 3.05) is 5.75 Å². The zero-order chi connectivity index (χ0) is 11.5. The van der Waals surface area contributed by atoms with Gasteiger partial charge < -0.3 is 0 Å². The average molecular weight is 235 g/mol. The Bertz CT molecular complexity index is 323. The van der Waals surface area contributed by atoms with E-state index < -0.39 is 11.9 Å². The van der Waals surface area contributed by atoms with E-state index in [2.05, 4.69) is 4.98 Å². The summed E-state index contributed by atoms with van der Waals surface area (Å²) in [6.07, 6.45) is -2.53. The second-order valence-corrected chi connectivity index (χ2v) is 4.46. The minimum Gasteiger partial charge on any atom is -0.260 e. The zero-order valence-electron chi connectivity index (χ0n) is 8.51. The summed E-state index contributed by atoms with van der Waals surface area (Å²) >= 11 is 0.795. The van der Waals surface area contributed by atoms with Gasteiger partial charge in [0.25, 0.3) is 0 Å². The van der Waals surface area contributed by atoms with Crippen LogP contribution in [0.25, 0.3) is 0 Å².